The molecule has 108 valence electrons. The summed E-state index contributed by atoms with van der Waals surface area (Å²) in [4.78, 5) is -0.0670. The Balaban J connectivity index is 1.95. The van der Waals surface area contributed by atoms with Crippen LogP contribution in [0.5, 0.6) is 0 Å². The van der Waals surface area contributed by atoms with Crippen LogP contribution in [0.1, 0.15) is 24.8 Å². The molecule has 0 spiro atoms. The number of nitriles is 1. The van der Waals surface area contributed by atoms with Gasteiger partial charge in [-0.25, -0.2) is 13.1 Å². The van der Waals surface area contributed by atoms with Crippen LogP contribution in [0.15, 0.2) is 23.1 Å². The summed E-state index contributed by atoms with van der Waals surface area (Å²) in [6, 6.07) is 6.68. The van der Waals surface area contributed by atoms with Crippen LogP contribution in [-0.4, -0.2) is 27.5 Å². The Morgan fingerprint density at radius 3 is 2.75 bits per heavy atom. The van der Waals surface area contributed by atoms with Crippen molar-refractivity contribution in [2.75, 3.05) is 13.1 Å². The predicted molar refractivity (Wildman–Crippen MR) is 77.0 cm³/mol. The lowest BCUT2D eigenvalue weighted by Gasteiger charge is -2.09. The molecule has 0 saturated heterocycles. The SMILES string of the molecule is N#Cc1ccc(Cl)cc1S(=O)(=O)NCCCNC1CC1. The minimum absolute atomic E-state index is 0.0670. The van der Waals surface area contributed by atoms with Crippen LogP contribution in [0.3, 0.4) is 0 Å². The second kappa shape index (κ2) is 6.55. The van der Waals surface area contributed by atoms with Crippen LogP contribution in [0.25, 0.3) is 0 Å². The summed E-state index contributed by atoms with van der Waals surface area (Å²) in [7, 11) is -3.70. The van der Waals surface area contributed by atoms with Gasteiger partial charge in [-0.3, -0.25) is 0 Å². The van der Waals surface area contributed by atoms with Gasteiger partial charge in [-0.15, -0.1) is 0 Å². The zero-order valence-electron chi connectivity index (χ0n) is 10.9. The molecule has 0 unspecified atom stereocenters. The molecule has 7 heteroatoms. The summed E-state index contributed by atoms with van der Waals surface area (Å²) in [5.74, 6) is 0. The lowest BCUT2D eigenvalue weighted by atomic mass is 10.2. The van der Waals surface area contributed by atoms with E-state index in [0.717, 1.165) is 6.54 Å². The van der Waals surface area contributed by atoms with E-state index in [0.29, 0.717) is 24.0 Å². The van der Waals surface area contributed by atoms with Crippen LogP contribution >= 0.6 is 11.6 Å². The maximum absolute atomic E-state index is 12.1. The first-order valence-corrected chi connectivity index (χ1v) is 8.32. The summed E-state index contributed by atoms with van der Waals surface area (Å²) in [5.41, 5.74) is 0.0954. The van der Waals surface area contributed by atoms with Crippen molar-refractivity contribution in [3.63, 3.8) is 0 Å². The minimum atomic E-state index is -3.70. The monoisotopic (exact) mass is 313 g/mol. The van der Waals surface area contributed by atoms with Gasteiger partial charge in [0.1, 0.15) is 11.0 Å². The normalized spacial score (nSPS) is 15.0. The largest absolute Gasteiger partial charge is 0.314 e. The first kappa shape index (κ1) is 15.3. The second-order valence-corrected chi connectivity index (χ2v) is 6.90. The molecule has 1 aromatic rings. The topological polar surface area (TPSA) is 82.0 Å². The Morgan fingerprint density at radius 1 is 1.35 bits per heavy atom. The molecule has 0 bridgehead atoms. The van der Waals surface area contributed by atoms with Crippen molar-refractivity contribution in [1.82, 2.24) is 10.0 Å². The van der Waals surface area contributed by atoms with Crippen LogP contribution in [-0.2, 0) is 10.0 Å². The predicted octanol–water partition coefficient (Wildman–Crippen LogP) is 1.63. The molecule has 2 rings (SSSR count). The number of nitrogens with one attached hydrogen (secondary N) is 2. The summed E-state index contributed by atoms with van der Waals surface area (Å²) in [6.45, 7) is 1.12. The van der Waals surface area contributed by atoms with E-state index < -0.39 is 10.0 Å². The Labute approximate surface area is 124 Å². The van der Waals surface area contributed by atoms with Crippen molar-refractivity contribution in [3.05, 3.63) is 28.8 Å². The number of hydrogen-bond acceptors (Lipinski definition) is 4. The summed E-state index contributed by atoms with van der Waals surface area (Å²) in [6.07, 6.45) is 3.12. The maximum Gasteiger partial charge on any atom is 0.241 e. The highest BCUT2D eigenvalue weighted by Crippen LogP contribution is 2.20. The molecule has 20 heavy (non-hydrogen) atoms. The van der Waals surface area contributed by atoms with Gasteiger partial charge in [0, 0.05) is 17.6 Å². The van der Waals surface area contributed by atoms with Gasteiger partial charge >= 0.3 is 0 Å². The quantitative estimate of drug-likeness (QED) is 0.750. The first-order chi connectivity index (χ1) is 9.53. The zero-order valence-corrected chi connectivity index (χ0v) is 12.5. The molecule has 5 nitrogen and oxygen atoms in total. The Morgan fingerprint density at radius 2 is 2.10 bits per heavy atom. The number of nitrogens with zero attached hydrogens (tertiary/aromatic N) is 1. The van der Waals surface area contributed by atoms with E-state index in [1.54, 1.807) is 0 Å². The lowest BCUT2D eigenvalue weighted by molar-refractivity contribution is 0.573. The number of benzene rings is 1. The summed E-state index contributed by atoms with van der Waals surface area (Å²) >= 11 is 5.79. The fourth-order valence-electron chi connectivity index (χ4n) is 1.78. The zero-order chi connectivity index (χ0) is 14.6. The Kier molecular flexibility index (Phi) is 5.00. The standard InChI is InChI=1S/C13H16ClN3O2S/c14-11-3-2-10(9-15)13(8-11)20(18,19)17-7-1-6-16-12-4-5-12/h2-3,8,12,16-17H,1,4-7H2. The molecule has 1 aliphatic carbocycles. The molecular formula is C13H16ClN3O2S. The Hall–Kier alpha value is -1.13. The van der Waals surface area contributed by atoms with Gasteiger partial charge in [-0.1, -0.05) is 11.6 Å². The molecule has 1 saturated carbocycles. The van der Waals surface area contributed by atoms with Crippen molar-refractivity contribution in [1.29, 1.82) is 5.26 Å². The highest BCUT2D eigenvalue weighted by Gasteiger charge is 2.20. The van der Waals surface area contributed by atoms with Crippen molar-refractivity contribution in [3.8, 4) is 6.07 Å². The van der Waals surface area contributed by atoms with Crippen molar-refractivity contribution in [2.24, 2.45) is 0 Å². The molecular weight excluding hydrogens is 298 g/mol. The molecule has 0 amide bonds. The molecule has 1 aromatic carbocycles. The summed E-state index contributed by atoms with van der Waals surface area (Å²) in [5, 5.41) is 12.6. The number of sulfonamides is 1. The molecule has 1 aliphatic rings. The molecule has 0 atom stereocenters. The van der Waals surface area contributed by atoms with Gasteiger partial charge < -0.3 is 5.32 Å². The number of hydrogen-bond donors (Lipinski definition) is 2. The van der Waals surface area contributed by atoms with Crippen molar-refractivity contribution < 1.29 is 8.42 Å². The van der Waals surface area contributed by atoms with Gasteiger partial charge in [-0.05, 0) is 44.0 Å². The van der Waals surface area contributed by atoms with Crippen molar-refractivity contribution in [2.45, 2.75) is 30.2 Å². The van der Waals surface area contributed by atoms with Crippen molar-refractivity contribution >= 4 is 21.6 Å². The molecule has 2 N–H and O–H groups in total. The first-order valence-electron chi connectivity index (χ1n) is 6.45. The van der Waals surface area contributed by atoms with Crippen LogP contribution in [0, 0.1) is 11.3 Å². The molecule has 0 aromatic heterocycles. The van der Waals surface area contributed by atoms with E-state index in [-0.39, 0.29) is 10.5 Å². The molecule has 0 heterocycles. The average molecular weight is 314 g/mol. The van der Waals surface area contributed by atoms with Gasteiger partial charge in [0.15, 0.2) is 0 Å². The highest BCUT2D eigenvalue weighted by atomic mass is 35.5. The number of halogens is 1. The third-order valence-corrected chi connectivity index (χ3v) is 4.75. The van der Waals surface area contributed by atoms with Gasteiger partial charge in [-0.2, -0.15) is 5.26 Å². The Bertz CT molecular complexity index is 621. The van der Waals surface area contributed by atoms with Gasteiger partial charge in [0.2, 0.25) is 10.0 Å². The molecule has 0 radical (unpaired) electrons. The fourth-order valence-corrected chi connectivity index (χ4v) is 3.27. The van der Waals surface area contributed by atoms with E-state index in [1.807, 2.05) is 6.07 Å². The van der Waals surface area contributed by atoms with Crippen LogP contribution in [0.2, 0.25) is 5.02 Å². The van der Waals surface area contributed by atoms with E-state index in [4.69, 9.17) is 16.9 Å². The fraction of sp³-hybridized carbons (Fsp3) is 0.462. The third kappa shape index (κ3) is 4.18. The highest BCUT2D eigenvalue weighted by molar-refractivity contribution is 7.89. The van der Waals surface area contributed by atoms with E-state index in [1.165, 1.54) is 31.0 Å². The molecule has 0 aliphatic heterocycles. The van der Waals surface area contributed by atoms with Crippen LogP contribution in [0.4, 0.5) is 0 Å². The lowest BCUT2D eigenvalue weighted by Crippen LogP contribution is -2.28. The van der Waals surface area contributed by atoms with E-state index >= 15 is 0 Å². The third-order valence-electron chi connectivity index (χ3n) is 3.01. The van der Waals surface area contributed by atoms with E-state index in [2.05, 4.69) is 10.0 Å². The van der Waals surface area contributed by atoms with E-state index in [9.17, 15) is 8.42 Å². The van der Waals surface area contributed by atoms with Crippen LogP contribution < -0.4 is 10.0 Å². The number of rotatable bonds is 7. The average Bonchev–Trinajstić information content (AvgIpc) is 3.22. The maximum atomic E-state index is 12.1. The minimum Gasteiger partial charge on any atom is -0.314 e. The van der Waals surface area contributed by atoms with Gasteiger partial charge in [0.05, 0.1) is 5.56 Å². The van der Waals surface area contributed by atoms with Gasteiger partial charge in [0.25, 0.3) is 0 Å². The second-order valence-electron chi connectivity index (χ2n) is 4.73. The summed E-state index contributed by atoms with van der Waals surface area (Å²) < 4.78 is 26.8. The molecule has 1 fully saturated rings. The smallest absolute Gasteiger partial charge is 0.241 e.